The van der Waals surface area contributed by atoms with E-state index in [1.807, 2.05) is 0 Å². The van der Waals surface area contributed by atoms with Gasteiger partial charge in [-0.2, -0.15) is 0 Å². The van der Waals surface area contributed by atoms with Gasteiger partial charge in [-0.3, -0.25) is 5.32 Å². The molecular formula is C9H20N2O. The van der Waals surface area contributed by atoms with Crippen molar-refractivity contribution in [3.05, 3.63) is 5.21 Å². The van der Waals surface area contributed by atoms with Gasteiger partial charge in [0.1, 0.15) is 6.67 Å². The Morgan fingerprint density at radius 3 is 2.75 bits per heavy atom. The van der Waals surface area contributed by atoms with Gasteiger partial charge in [-0.25, -0.2) is 0 Å². The highest BCUT2D eigenvalue weighted by atomic mass is 16.5. The largest absolute Gasteiger partial charge is 0.632 e. The highest BCUT2D eigenvalue weighted by Gasteiger charge is 2.20. The molecule has 0 aromatic carbocycles. The van der Waals surface area contributed by atoms with Crippen LogP contribution in [-0.4, -0.2) is 30.9 Å². The first-order valence-corrected chi connectivity index (χ1v) is 5.05. The van der Waals surface area contributed by atoms with E-state index in [4.69, 9.17) is 0 Å². The Hall–Kier alpha value is -0.120. The molecule has 0 aliphatic carbocycles. The summed E-state index contributed by atoms with van der Waals surface area (Å²) in [5, 5.41) is 14.9. The van der Waals surface area contributed by atoms with E-state index in [-0.39, 0.29) is 4.65 Å². The van der Waals surface area contributed by atoms with E-state index in [2.05, 4.69) is 12.2 Å². The first kappa shape index (κ1) is 9.96. The third-order valence-electron chi connectivity index (χ3n) is 2.52. The average molecular weight is 172 g/mol. The molecule has 3 nitrogen and oxygen atoms in total. The molecular weight excluding hydrogens is 152 g/mol. The first-order chi connectivity index (χ1) is 5.77. The van der Waals surface area contributed by atoms with Gasteiger partial charge >= 0.3 is 0 Å². The molecule has 1 fully saturated rings. The molecule has 3 heteroatoms. The number of hydroxylamine groups is 3. The SMILES string of the molecule is CCCCCC[N+]1([O-])CCNC1. The smallest absolute Gasteiger partial charge is 0.132 e. The van der Waals surface area contributed by atoms with Crippen molar-refractivity contribution in [3.63, 3.8) is 0 Å². The van der Waals surface area contributed by atoms with Crippen LogP contribution >= 0.6 is 0 Å². The second-order valence-corrected chi connectivity index (χ2v) is 3.72. The summed E-state index contributed by atoms with van der Waals surface area (Å²) in [5.74, 6) is 0. The normalized spacial score (nSPS) is 29.5. The molecule has 0 amide bonds. The second-order valence-electron chi connectivity index (χ2n) is 3.72. The maximum Gasteiger partial charge on any atom is 0.132 e. The van der Waals surface area contributed by atoms with Crippen molar-refractivity contribution in [2.24, 2.45) is 0 Å². The summed E-state index contributed by atoms with van der Waals surface area (Å²) in [6, 6.07) is 0. The third kappa shape index (κ3) is 3.09. The minimum Gasteiger partial charge on any atom is -0.632 e. The highest BCUT2D eigenvalue weighted by Crippen LogP contribution is 2.10. The molecule has 1 aliphatic rings. The zero-order valence-electron chi connectivity index (χ0n) is 8.01. The predicted octanol–water partition coefficient (Wildman–Crippen LogP) is 1.44. The fourth-order valence-corrected chi connectivity index (χ4v) is 1.66. The Bertz CT molecular complexity index is 122. The van der Waals surface area contributed by atoms with Crippen LogP contribution in [0.1, 0.15) is 32.6 Å². The number of hydrogen-bond donors (Lipinski definition) is 1. The zero-order valence-corrected chi connectivity index (χ0v) is 8.01. The van der Waals surface area contributed by atoms with Crippen molar-refractivity contribution in [2.45, 2.75) is 32.6 Å². The van der Waals surface area contributed by atoms with Crippen LogP contribution in [0.3, 0.4) is 0 Å². The summed E-state index contributed by atoms with van der Waals surface area (Å²) in [5.41, 5.74) is 0. The molecule has 0 spiro atoms. The summed E-state index contributed by atoms with van der Waals surface area (Å²) in [6.45, 7) is 5.31. The highest BCUT2D eigenvalue weighted by molar-refractivity contribution is 4.55. The van der Waals surface area contributed by atoms with Gasteiger partial charge in [0.05, 0.1) is 19.6 Å². The lowest BCUT2D eigenvalue weighted by Crippen LogP contribution is -2.41. The molecule has 1 N–H and O–H groups in total. The van der Waals surface area contributed by atoms with Crippen molar-refractivity contribution in [1.29, 1.82) is 0 Å². The molecule has 0 bridgehead atoms. The molecule has 72 valence electrons. The van der Waals surface area contributed by atoms with Gasteiger partial charge in [0.15, 0.2) is 0 Å². The van der Waals surface area contributed by atoms with E-state index in [0.717, 1.165) is 26.1 Å². The number of unbranched alkanes of at least 4 members (excludes halogenated alkanes) is 3. The van der Waals surface area contributed by atoms with Gasteiger partial charge in [-0.05, 0) is 12.8 Å². The zero-order chi connectivity index (χ0) is 8.86. The Labute approximate surface area is 74.9 Å². The number of nitrogens with zero attached hydrogens (tertiary/aromatic N) is 1. The number of rotatable bonds is 5. The van der Waals surface area contributed by atoms with E-state index in [0.29, 0.717) is 6.67 Å². The van der Waals surface area contributed by atoms with E-state index < -0.39 is 0 Å². The quantitative estimate of drug-likeness (QED) is 0.387. The van der Waals surface area contributed by atoms with Gasteiger partial charge in [0, 0.05) is 0 Å². The van der Waals surface area contributed by atoms with Crippen LogP contribution in [0.5, 0.6) is 0 Å². The average Bonchev–Trinajstić information content (AvgIpc) is 2.47. The van der Waals surface area contributed by atoms with E-state index in [9.17, 15) is 5.21 Å². The Morgan fingerprint density at radius 2 is 2.17 bits per heavy atom. The van der Waals surface area contributed by atoms with Crippen LogP contribution < -0.4 is 5.32 Å². The maximum absolute atomic E-state index is 11.7. The topological polar surface area (TPSA) is 35.1 Å². The van der Waals surface area contributed by atoms with Crippen LogP contribution in [0.25, 0.3) is 0 Å². The predicted molar refractivity (Wildman–Crippen MR) is 50.4 cm³/mol. The molecule has 1 unspecified atom stereocenters. The lowest BCUT2D eigenvalue weighted by atomic mass is 10.2. The van der Waals surface area contributed by atoms with Gasteiger partial charge in [0.25, 0.3) is 0 Å². The van der Waals surface area contributed by atoms with Crippen molar-refractivity contribution in [3.8, 4) is 0 Å². The maximum atomic E-state index is 11.7. The van der Waals surface area contributed by atoms with Crippen LogP contribution in [0.4, 0.5) is 0 Å². The Morgan fingerprint density at radius 1 is 1.33 bits per heavy atom. The minimum absolute atomic E-state index is 0.00368. The molecule has 1 rings (SSSR count). The summed E-state index contributed by atoms with van der Waals surface area (Å²) in [7, 11) is 0. The molecule has 1 heterocycles. The molecule has 1 aliphatic heterocycles. The molecule has 0 saturated carbocycles. The minimum atomic E-state index is 0.00368. The van der Waals surface area contributed by atoms with Crippen LogP contribution in [-0.2, 0) is 0 Å². The Kier molecular flexibility index (Phi) is 3.98. The second kappa shape index (κ2) is 4.80. The van der Waals surface area contributed by atoms with Crippen molar-refractivity contribution in [1.82, 2.24) is 5.32 Å². The van der Waals surface area contributed by atoms with Crippen LogP contribution in [0, 0.1) is 5.21 Å². The standard InChI is InChI=1S/C9H20N2O/c1-2-3-4-5-7-11(12)8-6-10-9-11/h10H,2-9H2,1H3. The fourth-order valence-electron chi connectivity index (χ4n) is 1.66. The number of hydrogen-bond acceptors (Lipinski definition) is 2. The molecule has 0 radical (unpaired) electrons. The monoisotopic (exact) mass is 172 g/mol. The van der Waals surface area contributed by atoms with Crippen molar-refractivity contribution < 1.29 is 4.65 Å². The van der Waals surface area contributed by atoms with Gasteiger partial charge in [0.2, 0.25) is 0 Å². The summed E-state index contributed by atoms with van der Waals surface area (Å²) >= 11 is 0. The van der Waals surface area contributed by atoms with Crippen LogP contribution in [0.15, 0.2) is 0 Å². The first-order valence-electron chi connectivity index (χ1n) is 5.05. The number of nitrogens with one attached hydrogen (secondary N) is 1. The molecule has 1 saturated heterocycles. The van der Waals surface area contributed by atoms with E-state index in [1.54, 1.807) is 0 Å². The third-order valence-corrected chi connectivity index (χ3v) is 2.52. The molecule has 0 aromatic heterocycles. The lowest BCUT2D eigenvalue weighted by molar-refractivity contribution is -0.869. The molecule has 12 heavy (non-hydrogen) atoms. The lowest BCUT2D eigenvalue weighted by Gasteiger charge is -2.37. The van der Waals surface area contributed by atoms with Crippen LogP contribution in [0.2, 0.25) is 0 Å². The van der Waals surface area contributed by atoms with Gasteiger partial charge < -0.3 is 9.85 Å². The van der Waals surface area contributed by atoms with E-state index in [1.165, 1.54) is 19.3 Å². The summed E-state index contributed by atoms with van der Waals surface area (Å²) in [6.07, 6.45) is 4.84. The summed E-state index contributed by atoms with van der Waals surface area (Å²) in [4.78, 5) is 0. The summed E-state index contributed by atoms with van der Waals surface area (Å²) < 4.78 is 0.00368. The van der Waals surface area contributed by atoms with Gasteiger partial charge in [-0.15, -0.1) is 0 Å². The Balaban J connectivity index is 2.05. The van der Waals surface area contributed by atoms with Gasteiger partial charge in [-0.1, -0.05) is 19.8 Å². The molecule has 0 aromatic rings. The fraction of sp³-hybridized carbons (Fsp3) is 1.00. The molecule has 1 atom stereocenters. The van der Waals surface area contributed by atoms with Crippen molar-refractivity contribution in [2.75, 3.05) is 26.3 Å². The van der Waals surface area contributed by atoms with Crippen molar-refractivity contribution >= 4 is 0 Å². The van der Waals surface area contributed by atoms with E-state index >= 15 is 0 Å². The number of quaternary nitrogens is 1.